The van der Waals surface area contributed by atoms with Gasteiger partial charge in [-0.1, -0.05) is 0 Å². The van der Waals surface area contributed by atoms with E-state index in [1.165, 1.54) is 13.8 Å². The Kier molecular flexibility index (Phi) is 9.55. The molecule has 31 heavy (non-hydrogen) atoms. The minimum Gasteiger partial charge on any atom is -0.390 e. The molecule has 2 heterocycles. The van der Waals surface area contributed by atoms with Crippen LogP contribution in [0.5, 0.6) is 0 Å². The van der Waals surface area contributed by atoms with Crippen LogP contribution in [0, 0.1) is 0 Å². The first-order valence-corrected chi connectivity index (χ1v) is 12.3. The lowest BCUT2D eigenvalue weighted by Gasteiger charge is -2.26. The van der Waals surface area contributed by atoms with Crippen LogP contribution in [0.4, 0.5) is 0 Å². The maximum atomic E-state index is 10.7. The molecule has 14 nitrogen and oxygen atoms in total. The Hall–Kier alpha value is 0.110. The van der Waals surface area contributed by atoms with Crippen molar-refractivity contribution in [1.82, 2.24) is 0 Å². The zero-order valence-electron chi connectivity index (χ0n) is 16.6. The van der Waals surface area contributed by atoms with Gasteiger partial charge in [-0.2, -0.15) is 0 Å². The van der Waals surface area contributed by atoms with E-state index in [1.807, 2.05) is 0 Å². The number of aliphatic hydroxyl groups excluding tert-OH is 3. The van der Waals surface area contributed by atoms with Crippen LogP contribution in [0.2, 0.25) is 0 Å². The van der Waals surface area contributed by atoms with E-state index in [0.717, 1.165) is 0 Å². The molecule has 0 aromatic carbocycles. The van der Waals surface area contributed by atoms with E-state index in [4.69, 9.17) is 44.7 Å². The molecule has 9 unspecified atom stereocenters. The van der Waals surface area contributed by atoms with Crippen molar-refractivity contribution in [3.05, 3.63) is 0 Å². The van der Waals surface area contributed by atoms with Crippen molar-refractivity contribution in [1.29, 1.82) is 0 Å². The average Bonchev–Trinajstić information content (AvgIpc) is 2.90. The highest BCUT2D eigenvalue weighted by Gasteiger charge is 2.52. The summed E-state index contributed by atoms with van der Waals surface area (Å²) in [6.07, 6.45) is -9.01. The van der Waals surface area contributed by atoms with Crippen molar-refractivity contribution < 1.29 is 68.4 Å². The SMILES string of the molecule is [B]C1OC(C(O)CP(=O)(O)O)C(O)C1(C)O.[B]C1OC(OCP(=O)(O)O)C(O)C1(C)O. The monoisotopic (exact) mass is 490 g/mol. The minimum atomic E-state index is -4.43. The van der Waals surface area contributed by atoms with E-state index in [2.05, 4.69) is 4.74 Å². The van der Waals surface area contributed by atoms with E-state index in [-0.39, 0.29) is 0 Å². The van der Waals surface area contributed by atoms with E-state index in [9.17, 15) is 34.7 Å². The van der Waals surface area contributed by atoms with Gasteiger partial charge in [0.05, 0.1) is 18.3 Å². The first-order valence-electron chi connectivity index (χ1n) is 8.72. The molecule has 0 amide bonds. The molecule has 0 bridgehead atoms. The third kappa shape index (κ3) is 7.83. The van der Waals surface area contributed by atoms with Gasteiger partial charge in [0.15, 0.2) is 12.6 Å². The molecule has 9 atom stereocenters. The van der Waals surface area contributed by atoms with Crippen LogP contribution in [0.1, 0.15) is 13.8 Å². The van der Waals surface area contributed by atoms with Crippen molar-refractivity contribution in [2.45, 2.75) is 67.8 Å². The van der Waals surface area contributed by atoms with Gasteiger partial charge in [-0.25, -0.2) is 0 Å². The molecule has 0 aromatic rings. The maximum absolute atomic E-state index is 10.7. The molecule has 0 spiro atoms. The lowest BCUT2D eigenvalue weighted by atomic mass is 9.81. The summed E-state index contributed by atoms with van der Waals surface area (Å²) >= 11 is 0. The third-order valence-corrected chi connectivity index (χ3v) is 6.05. The van der Waals surface area contributed by atoms with Crippen molar-refractivity contribution >= 4 is 30.9 Å². The number of hydrogen-bond donors (Lipinski definition) is 9. The van der Waals surface area contributed by atoms with Crippen LogP contribution in [0.3, 0.4) is 0 Å². The van der Waals surface area contributed by atoms with Crippen molar-refractivity contribution in [2.75, 3.05) is 12.5 Å². The molecule has 18 heteroatoms. The zero-order chi connectivity index (χ0) is 24.6. The molecular weight excluding hydrogens is 464 g/mol. The van der Waals surface area contributed by atoms with Crippen molar-refractivity contribution in [3.8, 4) is 0 Å². The predicted molar refractivity (Wildman–Crippen MR) is 103 cm³/mol. The van der Waals surface area contributed by atoms with Crippen LogP contribution >= 0.6 is 15.2 Å². The van der Waals surface area contributed by atoms with Gasteiger partial charge in [-0.3, -0.25) is 9.13 Å². The molecule has 0 aliphatic carbocycles. The molecular formula is C13H26B2O14P2. The van der Waals surface area contributed by atoms with Gasteiger partial charge in [0.1, 0.15) is 45.2 Å². The Morgan fingerprint density at radius 1 is 0.935 bits per heavy atom. The summed E-state index contributed by atoms with van der Waals surface area (Å²) in [4.78, 5) is 34.3. The fourth-order valence-corrected chi connectivity index (χ4v) is 3.67. The maximum Gasteiger partial charge on any atom is 0.351 e. The third-order valence-electron chi connectivity index (χ3n) is 4.71. The highest BCUT2D eigenvalue weighted by molar-refractivity contribution is 7.51. The molecule has 2 saturated heterocycles. The highest BCUT2D eigenvalue weighted by atomic mass is 31.2. The summed E-state index contributed by atoms with van der Waals surface area (Å²) in [6, 6.07) is -2.40. The van der Waals surface area contributed by atoms with Gasteiger partial charge in [0.25, 0.3) is 0 Å². The van der Waals surface area contributed by atoms with E-state index in [0.29, 0.717) is 0 Å². The molecule has 2 rings (SSSR count). The van der Waals surface area contributed by atoms with Crippen LogP contribution in [0.15, 0.2) is 0 Å². The summed E-state index contributed by atoms with van der Waals surface area (Å²) in [7, 11) is 1.92. The number of ether oxygens (including phenoxy) is 3. The van der Waals surface area contributed by atoms with E-state index in [1.54, 1.807) is 0 Å². The molecule has 2 aliphatic rings. The second kappa shape index (κ2) is 10.2. The van der Waals surface area contributed by atoms with Gasteiger partial charge in [-0.05, 0) is 13.8 Å². The number of rotatable bonds is 6. The lowest BCUT2D eigenvalue weighted by molar-refractivity contribution is -0.150. The topological polar surface area (TPSA) is 244 Å². The number of hydrogen-bond acceptors (Lipinski definition) is 10. The first kappa shape index (κ1) is 29.1. The van der Waals surface area contributed by atoms with Gasteiger partial charge >= 0.3 is 15.2 Å². The summed E-state index contributed by atoms with van der Waals surface area (Å²) in [5, 5.41) is 47.7. The molecule has 9 N–H and O–H groups in total. The second-order valence-corrected chi connectivity index (χ2v) is 10.9. The van der Waals surface area contributed by atoms with Crippen LogP contribution in [-0.4, -0.2) is 127 Å². The molecule has 0 aromatic heterocycles. The molecule has 2 aliphatic heterocycles. The average molecular weight is 490 g/mol. The van der Waals surface area contributed by atoms with E-state index >= 15 is 0 Å². The standard InChI is InChI=1S/C7H14BO7P.C6H12BO7P/c1-7(11)5(10)4(15-6(7)8)3(9)2-16(12,13)14;1-6(9)3(8)4(14-5(6)7)13-2-15(10,11)12/h3-6,9-11H,2H2,1H3,(H2,12,13,14);3-5,8-9H,2H2,1H3,(H2,10,11,12). The van der Waals surface area contributed by atoms with Gasteiger partial charge in [0.2, 0.25) is 0 Å². The Morgan fingerprint density at radius 3 is 1.71 bits per heavy atom. The lowest BCUT2D eigenvalue weighted by Crippen LogP contribution is -2.48. The summed E-state index contributed by atoms with van der Waals surface area (Å²) in [5.41, 5.74) is -3.47. The Morgan fingerprint density at radius 2 is 1.39 bits per heavy atom. The summed E-state index contributed by atoms with van der Waals surface area (Å²) in [5.74, 6) is 0. The quantitative estimate of drug-likeness (QED) is 0.126. The Bertz CT molecular complexity index is 696. The van der Waals surface area contributed by atoms with Gasteiger partial charge < -0.3 is 59.3 Å². The van der Waals surface area contributed by atoms with Crippen LogP contribution < -0.4 is 0 Å². The smallest absolute Gasteiger partial charge is 0.351 e. The fraction of sp³-hybridized carbons (Fsp3) is 1.00. The molecule has 0 saturated carbocycles. The predicted octanol–water partition coefficient (Wildman–Crippen LogP) is -4.37. The van der Waals surface area contributed by atoms with E-state index < -0.39 is 81.6 Å². The first-order chi connectivity index (χ1) is 13.7. The minimum absolute atomic E-state index is 0.864. The normalized spacial score (nSPS) is 42.2. The van der Waals surface area contributed by atoms with Crippen molar-refractivity contribution in [3.63, 3.8) is 0 Å². The molecule has 2 fully saturated rings. The molecule has 4 radical (unpaired) electrons. The largest absolute Gasteiger partial charge is 0.390 e. The fourth-order valence-electron chi connectivity index (χ4n) is 2.63. The van der Waals surface area contributed by atoms with Crippen molar-refractivity contribution in [2.24, 2.45) is 0 Å². The van der Waals surface area contributed by atoms with Crippen LogP contribution in [0.25, 0.3) is 0 Å². The second-order valence-electron chi connectivity index (χ2n) is 7.66. The van der Waals surface area contributed by atoms with Gasteiger partial charge in [0, 0.05) is 6.00 Å². The zero-order valence-corrected chi connectivity index (χ0v) is 18.4. The number of aliphatic hydroxyl groups is 5. The highest BCUT2D eigenvalue weighted by Crippen LogP contribution is 2.39. The summed E-state index contributed by atoms with van der Waals surface area (Å²) < 4.78 is 35.4. The van der Waals surface area contributed by atoms with Crippen LogP contribution in [-0.2, 0) is 23.3 Å². The van der Waals surface area contributed by atoms with Gasteiger partial charge in [-0.15, -0.1) is 0 Å². The summed E-state index contributed by atoms with van der Waals surface area (Å²) in [6.45, 7) is 2.45. The Balaban J connectivity index is 0.000000311. The Labute approximate surface area is 180 Å². The molecule has 178 valence electrons.